The van der Waals surface area contributed by atoms with E-state index in [9.17, 15) is 0 Å². The summed E-state index contributed by atoms with van der Waals surface area (Å²) in [6, 6.07) is 0. The van der Waals surface area contributed by atoms with E-state index in [1.54, 1.807) is 7.11 Å². The first-order valence-electron chi connectivity index (χ1n) is 6.61. The zero-order valence-electron chi connectivity index (χ0n) is 11.5. The van der Waals surface area contributed by atoms with E-state index in [-0.39, 0.29) is 0 Å². The molecule has 0 saturated carbocycles. The van der Waals surface area contributed by atoms with Gasteiger partial charge in [0.1, 0.15) is 0 Å². The summed E-state index contributed by atoms with van der Waals surface area (Å²) >= 11 is 2.10. The fourth-order valence-electron chi connectivity index (χ4n) is 2.47. The fourth-order valence-corrected chi connectivity index (χ4v) is 3.74. The fraction of sp³-hybridized carbons (Fsp3) is 0.769. The molecule has 2 rings (SSSR count). The lowest BCUT2D eigenvalue weighted by Crippen LogP contribution is -2.26. The second kappa shape index (κ2) is 6.48. The number of methoxy groups -OCH3 is 1. The molecule has 1 aromatic rings. The minimum absolute atomic E-state index is 0.779. The lowest BCUT2D eigenvalue weighted by molar-refractivity contribution is 0.368. The topological polar surface area (TPSA) is 39.1 Å². The van der Waals surface area contributed by atoms with E-state index in [0.717, 1.165) is 29.9 Å². The predicted octanol–water partition coefficient (Wildman–Crippen LogP) is 2.11. The van der Waals surface area contributed by atoms with E-state index in [4.69, 9.17) is 4.74 Å². The van der Waals surface area contributed by atoms with Crippen molar-refractivity contribution in [3.8, 4) is 5.88 Å². The molecule has 0 radical (unpaired) electrons. The van der Waals surface area contributed by atoms with Crippen molar-refractivity contribution in [3.63, 3.8) is 0 Å². The van der Waals surface area contributed by atoms with Crippen molar-refractivity contribution in [1.82, 2.24) is 15.1 Å². The van der Waals surface area contributed by atoms with Crippen molar-refractivity contribution in [3.05, 3.63) is 11.3 Å². The number of aryl methyl sites for hydroxylation is 2. The molecule has 1 aliphatic heterocycles. The van der Waals surface area contributed by atoms with Gasteiger partial charge >= 0.3 is 0 Å². The zero-order chi connectivity index (χ0) is 13.0. The highest BCUT2D eigenvalue weighted by molar-refractivity contribution is 7.99. The van der Waals surface area contributed by atoms with Gasteiger partial charge in [-0.3, -0.25) is 0 Å². The van der Waals surface area contributed by atoms with Gasteiger partial charge in [0, 0.05) is 25.4 Å². The Kier molecular flexibility index (Phi) is 4.95. The highest BCUT2D eigenvalue weighted by Crippen LogP contribution is 2.25. The van der Waals surface area contributed by atoms with E-state index < -0.39 is 0 Å². The molecule has 18 heavy (non-hydrogen) atoms. The second-order valence-corrected chi connectivity index (χ2v) is 6.22. The Morgan fingerprint density at radius 1 is 1.50 bits per heavy atom. The van der Waals surface area contributed by atoms with Crippen LogP contribution in [0, 0.1) is 6.92 Å². The summed E-state index contributed by atoms with van der Waals surface area (Å²) in [4.78, 5) is 0. The molecule has 102 valence electrons. The van der Waals surface area contributed by atoms with Gasteiger partial charge in [-0.05, 0) is 25.5 Å². The average Bonchev–Trinajstić information content (AvgIpc) is 2.65. The second-order valence-electron chi connectivity index (χ2n) is 4.82. The first-order valence-corrected chi connectivity index (χ1v) is 7.66. The molecular weight excluding hydrogens is 246 g/mol. The Morgan fingerprint density at radius 2 is 2.33 bits per heavy atom. The molecule has 2 heterocycles. The van der Waals surface area contributed by atoms with Crippen LogP contribution in [0.5, 0.6) is 5.88 Å². The number of aromatic nitrogens is 2. The van der Waals surface area contributed by atoms with Crippen LogP contribution in [0.3, 0.4) is 0 Å². The summed E-state index contributed by atoms with van der Waals surface area (Å²) in [5, 5.41) is 8.72. The Labute approximate surface area is 113 Å². The van der Waals surface area contributed by atoms with Gasteiger partial charge in [0.2, 0.25) is 5.88 Å². The molecule has 1 aromatic heterocycles. The molecule has 1 unspecified atom stereocenters. The Morgan fingerprint density at radius 3 is 3.00 bits per heavy atom. The van der Waals surface area contributed by atoms with Gasteiger partial charge in [0.05, 0.1) is 18.4 Å². The van der Waals surface area contributed by atoms with Gasteiger partial charge in [-0.1, -0.05) is 6.42 Å². The van der Waals surface area contributed by atoms with Crippen LogP contribution in [0.1, 0.15) is 30.5 Å². The van der Waals surface area contributed by atoms with Gasteiger partial charge in [0.25, 0.3) is 0 Å². The maximum atomic E-state index is 5.39. The molecular formula is C13H23N3OS. The summed E-state index contributed by atoms with van der Waals surface area (Å²) in [6.45, 7) is 3.97. The molecule has 1 fully saturated rings. The van der Waals surface area contributed by atoms with Crippen molar-refractivity contribution in [1.29, 1.82) is 0 Å². The number of thioether (sulfide) groups is 1. The third-order valence-corrected chi connectivity index (χ3v) is 4.83. The SMILES string of the molecule is COc1c(CNCC2CCCCS2)c(C)nn1C. The van der Waals surface area contributed by atoms with Crippen LogP contribution in [0.25, 0.3) is 0 Å². The van der Waals surface area contributed by atoms with Gasteiger partial charge < -0.3 is 10.1 Å². The normalized spacial score (nSPS) is 20.1. The highest BCUT2D eigenvalue weighted by atomic mass is 32.2. The molecule has 4 nitrogen and oxygen atoms in total. The molecule has 1 N–H and O–H groups in total. The first kappa shape index (κ1) is 13.7. The maximum Gasteiger partial charge on any atom is 0.216 e. The number of hydrogen-bond acceptors (Lipinski definition) is 4. The number of rotatable bonds is 5. The summed E-state index contributed by atoms with van der Waals surface area (Å²) in [5.41, 5.74) is 2.24. The van der Waals surface area contributed by atoms with Crippen molar-refractivity contribution in [2.24, 2.45) is 7.05 Å². The van der Waals surface area contributed by atoms with Crippen LogP contribution in [0.2, 0.25) is 0 Å². The largest absolute Gasteiger partial charge is 0.481 e. The highest BCUT2D eigenvalue weighted by Gasteiger charge is 2.16. The standard InChI is InChI=1S/C13H23N3OS/c1-10-12(13(17-3)16(2)15-10)9-14-8-11-6-4-5-7-18-11/h11,14H,4-9H2,1-3H3. The first-order chi connectivity index (χ1) is 8.72. The van der Waals surface area contributed by atoms with Gasteiger partial charge in [-0.15, -0.1) is 0 Å². The lowest BCUT2D eigenvalue weighted by Gasteiger charge is -2.21. The summed E-state index contributed by atoms with van der Waals surface area (Å²) in [7, 11) is 3.63. The van der Waals surface area contributed by atoms with Crippen LogP contribution in [-0.2, 0) is 13.6 Å². The van der Waals surface area contributed by atoms with Crippen molar-refractivity contribution in [2.45, 2.75) is 38.0 Å². The molecule has 0 amide bonds. The van der Waals surface area contributed by atoms with Crippen LogP contribution in [0.4, 0.5) is 0 Å². The Hall–Kier alpha value is -0.680. The monoisotopic (exact) mass is 269 g/mol. The van der Waals surface area contributed by atoms with Crippen LogP contribution >= 0.6 is 11.8 Å². The zero-order valence-corrected chi connectivity index (χ0v) is 12.3. The maximum absolute atomic E-state index is 5.39. The van der Waals surface area contributed by atoms with Crippen molar-refractivity contribution >= 4 is 11.8 Å². The third-order valence-electron chi connectivity index (χ3n) is 3.43. The van der Waals surface area contributed by atoms with Crippen LogP contribution < -0.4 is 10.1 Å². The molecule has 1 aliphatic rings. The molecule has 0 spiro atoms. The van der Waals surface area contributed by atoms with E-state index in [0.29, 0.717) is 0 Å². The van der Waals surface area contributed by atoms with E-state index >= 15 is 0 Å². The van der Waals surface area contributed by atoms with Crippen molar-refractivity contribution in [2.75, 3.05) is 19.4 Å². The number of nitrogens with zero attached hydrogens (tertiary/aromatic N) is 2. The summed E-state index contributed by atoms with van der Waals surface area (Å²) in [5.74, 6) is 2.19. The van der Waals surface area contributed by atoms with E-state index in [2.05, 4.69) is 22.2 Å². The summed E-state index contributed by atoms with van der Waals surface area (Å²) in [6.07, 6.45) is 4.12. The van der Waals surface area contributed by atoms with E-state index in [1.807, 2.05) is 18.7 Å². The average molecular weight is 269 g/mol. The molecule has 0 bridgehead atoms. The Balaban J connectivity index is 1.85. The lowest BCUT2D eigenvalue weighted by atomic mass is 10.2. The summed E-state index contributed by atoms with van der Waals surface area (Å²) < 4.78 is 7.20. The van der Waals surface area contributed by atoms with E-state index in [1.165, 1.54) is 30.6 Å². The van der Waals surface area contributed by atoms with Gasteiger partial charge in [-0.25, -0.2) is 4.68 Å². The van der Waals surface area contributed by atoms with Crippen LogP contribution in [0.15, 0.2) is 0 Å². The van der Waals surface area contributed by atoms with Gasteiger partial charge in [-0.2, -0.15) is 16.9 Å². The minimum atomic E-state index is 0.779. The minimum Gasteiger partial charge on any atom is -0.481 e. The molecule has 5 heteroatoms. The molecule has 1 atom stereocenters. The third kappa shape index (κ3) is 3.20. The number of nitrogens with one attached hydrogen (secondary N) is 1. The number of hydrogen-bond donors (Lipinski definition) is 1. The van der Waals surface area contributed by atoms with Crippen molar-refractivity contribution < 1.29 is 4.74 Å². The molecule has 0 aromatic carbocycles. The predicted molar refractivity (Wildman–Crippen MR) is 76.3 cm³/mol. The Bertz CT molecular complexity index is 386. The van der Waals surface area contributed by atoms with Crippen LogP contribution in [-0.4, -0.2) is 34.4 Å². The smallest absolute Gasteiger partial charge is 0.216 e. The quantitative estimate of drug-likeness (QED) is 0.888. The van der Waals surface area contributed by atoms with Gasteiger partial charge in [0.15, 0.2) is 0 Å². The number of ether oxygens (including phenoxy) is 1. The molecule has 0 aliphatic carbocycles. The molecule has 1 saturated heterocycles.